The van der Waals surface area contributed by atoms with Gasteiger partial charge < -0.3 is 9.80 Å². The molecule has 2 aliphatic rings. The zero-order chi connectivity index (χ0) is 29.9. The number of benzene rings is 2. The minimum absolute atomic E-state index is 0.137. The van der Waals surface area contributed by atoms with E-state index < -0.39 is 0 Å². The molecular formula is C36H52N2O2S2. The van der Waals surface area contributed by atoms with Gasteiger partial charge in [-0.25, -0.2) is 0 Å². The van der Waals surface area contributed by atoms with E-state index in [2.05, 4.69) is 86.0 Å². The van der Waals surface area contributed by atoms with Crippen molar-refractivity contribution in [3.8, 4) is 0 Å². The van der Waals surface area contributed by atoms with Crippen molar-refractivity contribution >= 4 is 44.8 Å². The van der Waals surface area contributed by atoms with Crippen LogP contribution in [0.15, 0.2) is 58.3 Å². The molecule has 2 amide bonds. The Morgan fingerprint density at radius 3 is 1.33 bits per heavy atom. The van der Waals surface area contributed by atoms with Crippen LogP contribution in [-0.4, -0.2) is 24.9 Å². The van der Waals surface area contributed by atoms with Crippen LogP contribution in [0.3, 0.4) is 0 Å². The second-order valence-corrected chi connectivity index (χ2v) is 15.3. The fourth-order valence-electron chi connectivity index (χ4n) is 6.20. The Bertz CT molecular complexity index is 1050. The predicted molar refractivity (Wildman–Crippen MR) is 181 cm³/mol. The van der Waals surface area contributed by atoms with E-state index in [0.29, 0.717) is 23.7 Å². The largest absolute Gasteiger partial charge is 0.311 e. The van der Waals surface area contributed by atoms with Crippen LogP contribution in [0.1, 0.15) is 105 Å². The monoisotopic (exact) mass is 608 g/mol. The van der Waals surface area contributed by atoms with E-state index in [1.165, 1.54) is 12.8 Å². The molecule has 0 saturated heterocycles. The molecule has 42 heavy (non-hydrogen) atoms. The number of amides is 2. The first-order valence-corrected chi connectivity index (χ1v) is 18.7. The molecular weight excluding hydrogens is 557 g/mol. The maximum atomic E-state index is 13.9. The molecule has 2 saturated carbocycles. The first-order valence-electron chi connectivity index (χ1n) is 16.5. The van der Waals surface area contributed by atoms with E-state index in [0.717, 1.165) is 98.5 Å². The lowest BCUT2D eigenvalue weighted by Gasteiger charge is -2.32. The van der Waals surface area contributed by atoms with Crippen LogP contribution in [0.4, 0.5) is 11.4 Å². The minimum atomic E-state index is 0.137. The Hall–Kier alpha value is -1.92. The molecule has 0 bridgehead atoms. The van der Waals surface area contributed by atoms with Gasteiger partial charge in [0, 0.05) is 34.7 Å². The van der Waals surface area contributed by atoms with Gasteiger partial charge in [-0.2, -0.15) is 0 Å². The SMILES string of the molecule is CC(C)CCN(C(=O)C1CCCCC1)c1ccccc1SSc1ccccc1N(CCC(C)C)C(=O)C1CCCCC1. The summed E-state index contributed by atoms with van der Waals surface area (Å²) in [6, 6.07) is 16.8. The van der Waals surface area contributed by atoms with Crippen molar-refractivity contribution in [2.45, 2.75) is 115 Å². The number of carbonyl (C=O) groups excluding carboxylic acids is 2. The van der Waals surface area contributed by atoms with Crippen molar-refractivity contribution in [1.82, 2.24) is 0 Å². The molecule has 230 valence electrons. The van der Waals surface area contributed by atoms with Gasteiger partial charge in [-0.1, -0.05) is 112 Å². The van der Waals surface area contributed by atoms with Gasteiger partial charge in [-0.15, -0.1) is 0 Å². The molecule has 0 aliphatic heterocycles. The molecule has 4 rings (SSSR count). The van der Waals surface area contributed by atoms with Crippen LogP contribution in [0.2, 0.25) is 0 Å². The van der Waals surface area contributed by atoms with E-state index in [4.69, 9.17) is 0 Å². The highest BCUT2D eigenvalue weighted by molar-refractivity contribution is 8.76. The molecule has 6 heteroatoms. The highest BCUT2D eigenvalue weighted by atomic mass is 33.1. The van der Waals surface area contributed by atoms with Crippen LogP contribution >= 0.6 is 21.6 Å². The number of hydrogen-bond donors (Lipinski definition) is 0. The quantitative estimate of drug-likeness (QED) is 0.212. The number of hydrogen-bond acceptors (Lipinski definition) is 4. The lowest BCUT2D eigenvalue weighted by Crippen LogP contribution is -2.38. The summed E-state index contributed by atoms with van der Waals surface area (Å²) in [5, 5.41) is 0. The van der Waals surface area contributed by atoms with Gasteiger partial charge in [0.25, 0.3) is 0 Å². The Labute approximate surface area is 263 Å². The van der Waals surface area contributed by atoms with E-state index >= 15 is 0 Å². The first-order chi connectivity index (χ1) is 20.3. The van der Waals surface area contributed by atoms with Gasteiger partial charge in [0.2, 0.25) is 11.8 Å². The lowest BCUT2D eigenvalue weighted by atomic mass is 9.88. The van der Waals surface area contributed by atoms with Crippen molar-refractivity contribution in [2.75, 3.05) is 22.9 Å². The van der Waals surface area contributed by atoms with Crippen LogP contribution in [0, 0.1) is 23.7 Å². The highest BCUT2D eigenvalue weighted by Gasteiger charge is 2.30. The summed E-state index contributed by atoms with van der Waals surface area (Å²) in [6.45, 7) is 10.4. The van der Waals surface area contributed by atoms with Gasteiger partial charge >= 0.3 is 0 Å². The fraction of sp³-hybridized carbons (Fsp3) is 0.611. The second-order valence-electron chi connectivity index (χ2n) is 13.1. The number of nitrogens with zero attached hydrogens (tertiary/aromatic N) is 2. The van der Waals surface area contributed by atoms with Crippen molar-refractivity contribution in [3.05, 3.63) is 48.5 Å². The topological polar surface area (TPSA) is 40.6 Å². The van der Waals surface area contributed by atoms with E-state index in [-0.39, 0.29) is 11.8 Å². The summed E-state index contributed by atoms with van der Waals surface area (Å²) in [5.41, 5.74) is 2.05. The molecule has 0 heterocycles. The first kappa shape index (κ1) is 33.0. The molecule has 0 unspecified atom stereocenters. The Balaban J connectivity index is 1.58. The Morgan fingerprint density at radius 2 is 0.976 bits per heavy atom. The molecule has 2 aliphatic carbocycles. The van der Waals surface area contributed by atoms with Crippen LogP contribution in [0.5, 0.6) is 0 Å². The molecule has 2 aromatic rings. The zero-order valence-electron chi connectivity index (χ0n) is 26.4. The Kier molecular flexibility index (Phi) is 13.2. The maximum absolute atomic E-state index is 13.9. The van der Waals surface area contributed by atoms with E-state index in [1.54, 1.807) is 21.6 Å². The molecule has 0 aromatic heterocycles. The van der Waals surface area contributed by atoms with Crippen molar-refractivity contribution in [1.29, 1.82) is 0 Å². The van der Waals surface area contributed by atoms with Gasteiger partial charge in [0.15, 0.2) is 0 Å². The standard InChI is InChI=1S/C36H52N2O2S2/c1-27(2)23-25-37(35(39)29-15-7-5-8-16-29)31-19-11-13-21-33(31)41-42-34-22-14-12-20-32(34)38(26-24-28(3)4)36(40)30-17-9-6-10-18-30/h11-14,19-22,27-30H,5-10,15-18,23-26H2,1-4H3. The van der Waals surface area contributed by atoms with Crippen LogP contribution < -0.4 is 9.80 Å². The number of para-hydroxylation sites is 2. The predicted octanol–water partition coefficient (Wildman–Crippen LogP) is 10.4. The minimum Gasteiger partial charge on any atom is -0.311 e. The summed E-state index contributed by atoms with van der Waals surface area (Å²) in [7, 11) is 3.43. The summed E-state index contributed by atoms with van der Waals surface area (Å²) in [6.07, 6.45) is 13.1. The molecule has 4 nitrogen and oxygen atoms in total. The third-order valence-electron chi connectivity index (χ3n) is 8.83. The normalized spacial score (nSPS) is 16.6. The lowest BCUT2D eigenvalue weighted by molar-refractivity contribution is -0.124. The summed E-state index contributed by atoms with van der Waals surface area (Å²) in [4.78, 5) is 34.2. The summed E-state index contributed by atoms with van der Waals surface area (Å²) >= 11 is 0. The highest BCUT2D eigenvalue weighted by Crippen LogP contribution is 2.46. The molecule has 0 radical (unpaired) electrons. The number of anilines is 2. The van der Waals surface area contributed by atoms with Gasteiger partial charge in [-0.05, 0) is 74.6 Å². The van der Waals surface area contributed by atoms with Crippen LogP contribution in [-0.2, 0) is 9.59 Å². The third-order valence-corrected chi connectivity index (χ3v) is 11.3. The summed E-state index contributed by atoms with van der Waals surface area (Å²) in [5.74, 6) is 1.94. The molecule has 2 aromatic carbocycles. The Morgan fingerprint density at radius 1 is 0.619 bits per heavy atom. The van der Waals surface area contributed by atoms with Crippen LogP contribution in [0.25, 0.3) is 0 Å². The summed E-state index contributed by atoms with van der Waals surface area (Å²) < 4.78 is 0. The average molecular weight is 609 g/mol. The smallest absolute Gasteiger partial charge is 0.230 e. The molecule has 0 atom stereocenters. The van der Waals surface area contributed by atoms with Gasteiger partial charge in [-0.3, -0.25) is 9.59 Å². The zero-order valence-corrected chi connectivity index (χ0v) is 28.0. The van der Waals surface area contributed by atoms with Crippen molar-refractivity contribution in [3.63, 3.8) is 0 Å². The second kappa shape index (κ2) is 16.8. The third kappa shape index (κ3) is 9.29. The molecule has 0 spiro atoms. The van der Waals surface area contributed by atoms with Crippen molar-refractivity contribution < 1.29 is 9.59 Å². The van der Waals surface area contributed by atoms with Gasteiger partial charge in [0.1, 0.15) is 0 Å². The van der Waals surface area contributed by atoms with E-state index in [1.807, 2.05) is 0 Å². The van der Waals surface area contributed by atoms with Crippen molar-refractivity contribution in [2.24, 2.45) is 23.7 Å². The number of rotatable bonds is 13. The average Bonchev–Trinajstić information content (AvgIpc) is 3.01. The van der Waals surface area contributed by atoms with E-state index in [9.17, 15) is 9.59 Å². The fourth-order valence-corrected chi connectivity index (χ4v) is 8.56. The maximum Gasteiger partial charge on any atom is 0.230 e. The molecule has 2 fully saturated rings. The van der Waals surface area contributed by atoms with Gasteiger partial charge in [0.05, 0.1) is 11.4 Å². The molecule has 0 N–H and O–H groups in total. The number of carbonyl (C=O) groups is 2.